The largest absolute Gasteiger partial charge is 0.476 e. The van der Waals surface area contributed by atoms with Crippen molar-refractivity contribution in [2.75, 3.05) is 92.5 Å². The Kier molecular flexibility index (Phi) is 38.9. The van der Waals surface area contributed by atoms with E-state index in [4.69, 9.17) is 109 Å². The van der Waals surface area contributed by atoms with Crippen molar-refractivity contribution in [2.24, 2.45) is 0 Å². The molecule has 8 rings (SSSR count). The molecule has 6 atom stereocenters. The first-order valence-electron chi connectivity index (χ1n) is 30.8. The van der Waals surface area contributed by atoms with E-state index in [1.165, 1.54) is 0 Å². The van der Waals surface area contributed by atoms with Gasteiger partial charge in [0, 0.05) is 19.3 Å². The van der Waals surface area contributed by atoms with E-state index in [0.717, 1.165) is 19.3 Å². The first kappa shape index (κ1) is 90.9. The summed E-state index contributed by atoms with van der Waals surface area (Å²) in [7, 11) is -25.7. The van der Waals surface area contributed by atoms with Crippen LogP contribution in [-0.2, 0) is 145 Å². The Morgan fingerprint density at radius 3 is 0.946 bits per heavy atom. The van der Waals surface area contributed by atoms with Crippen LogP contribution in [0.2, 0.25) is 0 Å². The van der Waals surface area contributed by atoms with Crippen molar-refractivity contribution in [1.29, 1.82) is 0 Å². The molecule has 0 aromatic rings. The summed E-state index contributed by atoms with van der Waals surface area (Å²) in [5, 5.41) is 0. The molecule has 40 heteroatoms. The normalized spacial score (nSPS) is 33.3. The topological polar surface area (TPSA) is 358 Å². The van der Waals surface area contributed by atoms with E-state index in [1.807, 2.05) is 111 Å². The van der Waals surface area contributed by atoms with Crippen molar-refractivity contribution in [3.63, 3.8) is 0 Å². The van der Waals surface area contributed by atoms with Crippen LogP contribution in [0.3, 0.4) is 0 Å². The monoisotopic (exact) mass is 1500 g/mol. The van der Waals surface area contributed by atoms with Crippen LogP contribution in [0.15, 0.2) is 0 Å². The standard InChI is InChI=1S/C9H19O4P.C8H17O4P.2C7H15O4P.2C6H13O4P.C5H11O4P.C4H9O4P/c1-6-11-14(10)12-8(2,3)7-9(4,5)13-14;1-6-10-13(9)11-7(2,3)8(4,5)12-13;1-4-9-12(8)10-6-5-7(2,3)11-12;1-4-9-12(8)10-6(2)5-7(3)11-12;1-4-8-11(7)9-5-6(2,3)10-11;1-4-8-11(7)9-5(2)6(3)10-11;1-2-7-10(6)8-4-3-5-9-10;1-2-6-9(5)7-3-4-8-9/h6-7H2,1-5H3;6H2,1-5H3;4-6H2,1-3H3;6-7H,4-5H2,1-3H3;4-5H2,1-3H3;5-6H,4H2,1-3H3;2-5H2,1H3;2-4H2,1H3. The lowest BCUT2D eigenvalue weighted by atomic mass is 9.90. The van der Waals surface area contributed by atoms with Crippen LogP contribution in [0.4, 0.5) is 0 Å². The van der Waals surface area contributed by atoms with E-state index in [1.54, 1.807) is 55.4 Å². The lowest BCUT2D eigenvalue weighted by Gasteiger charge is -2.43. The summed E-state index contributed by atoms with van der Waals surface area (Å²) in [6, 6.07) is 0. The third-order valence-electron chi connectivity index (χ3n) is 12.1. The minimum absolute atomic E-state index is 0.0499. The Balaban J connectivity index is 0.000000527. The molecular weight excluding hydrogens is 1380 g/mol. The number of phosphoric acid groups is 8. The Morgan fingerprint density at radius 1 is 0.315 bits per heavy atom. The van der Waals surface area contributed by atoms with Gasteiger partial charge in [0.1, 0.15) is 11.2 Å². The fourth-order valence-electron chi connectivity index (χ4n) is 8.05. The molecule has 0 bridgehead atoms. The van der Waals surface area contributed by atoms with E-state index in [9.17, 15) is 36.5 Å². The second-order valence-electron chi connectivity index (χ2n) is 23.9. The molecule has 0 aliphatic carbocycles. The van der Waals surface area contributed by atoms with Crippen molar-refractivity contribution in [2.45, 2.75) is 250 Å². The first-order chi connectivity index (χ1) is 42.0. The van der Waals surface area contributed by atoms with Gasteiger partial charge in [0.05, 0.1) is 139 Å². The Labute approximate surface area is 547 Å². The molecule has 6 unspecified atom stereocenters. The van der Waals surface area contributed by atoms with E-state index in [2.05, 4.69) is 0 Å². The van der Waals surface area contributed by atoms with Crippen LogP contribution in [0.1, 0.15) is 192 Å². The van der Waals surface area contributed by atoms with Gasteiger partial charge in [0.15, 0.2) is 0 Å². The van der Waals surface area contributed by atoms with Crippen LogP contribution in [-0.4, -0.2) is 151 Å². The molecule has 0 saturated carbocycles. The van der Waals surface area contributed by atoms with Crippen LogP contribution in [0.25, 0.3) is 0 Å². The molecule has 32 nitrogen and oxygen atoms in total. The molecule has 0 amide bonds. The van der Waals surface area contributed by atoms with Gasteiger partial charge in [-0.2, -0.15) is 0 Å². The summed E-state index contributed by atoms with van der Waals surface area (Å²) in [4.78, 5) is 0. The summed E-state index contributed by atoms with van der Waals surface area (Å²) < 4.78 is 212. The highest BCUT2D eigenvalue weighted by Gasteiger charge is 2.57. The Morgan fingerprint density at radius 2 is 0.598 bits per heavy atom. The molecule has 8 saturated heterocycles. The van der Waals surface area contributed by atoms with Crippen molar-refractivity contribution in [3.8, 4) is 0 Å². The van der Waals surface area contributed by atoms with E-state index >= 15 is 0 Å². The van der Waals surface area contributed by atoms with Gasteiger partial charge in [-0.15, -0.1) is 0 Å². The smallest absolute Gasteiger partial charge is 0.287 e. The fourth-order valence-corrected chi connectivity index (χ4v) is 20.6. The SMILES string of the molecule is CCOP1(=O)OC(C)(C)C(C)(C)O1.CCOP1(=O)OC(C)(C)CC(C)(C)O1.CCOP1(=O)OC(C)C(C)O1.CCOP1(=O)OC(C)CC(C)O1.CCOP1(=O)OCC(C)(C)O1.CCOP1(=O)OCCC(C)(C)O1.CCOP1(=O)OCCCO1.CCOP1(=O)OCCO1. The molecule has 0 aromatic carbocycles. The molecule has 92 heavy (non-hydrogen) atoms. The maximum Gasteiger partial charge on any atom is 0.476 e. The highest BCUT2D eigenvalue weighted by Crippen LogP contribution is 2.65. The first-order valence-corrected chi connectivity index (χ1v) is 42.5. The second-order valence-corrected chi connectivity index (χ2v) is 36.6. The van der Waals surface area contributed by atoms with Crippen LogP contribution >= 0.6 is 62.6 Å². The second kappa shape index (κ2) is 39.3. The minimum Gasteiger partial charge on any atom is -0.287 e. The molecule has 0 radical (unpaired) electrons. The fraction of sp³-hybridized carbons (Fsp3) is 1.00. The van der Waals surface area contributed by atoms with Gasteiger partial charge >= 0.3 is 62.6 Å². The van der Waals surface area contributed by atoms with Crippen LogP contribution in [0.5, 0.6) is 0 Å². The van der Waals surface area contributed by atoms with E-state index < -0.39 is 96.2 Å². The van der Waals surface area contributed by atoms with Crippen molar-refractivity contribution in [1.82, 2.24) is 0 Å². The summed E-state index contributed by atoms with van der Waals surface area (Å²) >= 11 is 0. The van der Waals surface area contributed by atoms with Gasteiger partial charge in [0.2, 0.25) is 0 Å². The maximum atomic E-state index is 12.0. The number of rotatable bonds is 16. The summed E-state index contributed by atoms with van der Waals surface area (Å²) in [5.74, 6) is 0. The molecule has 552 valence electrons. The van der Waals surface area contributed by atoms with Gasteiger partial charge in [0.25, 0.3) is 0 Å². The lowest BCUT2D eigenvalue weighted by molar-refractivity contribution is -0.0885. The zero-order chi connectivity index (χ0) is 71.0. The van der Waals surface area contributed by atoms with Crippen molar-refractivity contribution >= 4 is 62.6 Å². The van der Waals surface area contributed by atoms with Crippen LogP contribution in [0, 0.1) is 0 Å². The lowest BCUT2D eigenvalue weighted by Crippen LogP contribution is -2.41. The number of hydrogen-bond donors (Lipinski definition) is 0. The minimum atomic E-state index is -3.36. The number of phosphoric ester groups is 8. The maximum absolute atomic E-state index is 12.0. The molecule has 0 N–H and O–H groups in total. The van der Waals surface area contributed by atoms with Crippen molar-refractivity contribution in [3.05, 3.63) is 0 Å². The van der Waals surface area contributed by atoms with Gasteiger partial charge in [-0.25, -0.2) is 36.5 Å². The third kappa shape index (κ3) is 34.5. The highest BCUT2D eigenvalue weighted by atomic mass is 31.2. The average molecular weight is 1500 g/mol. The zero-order valence-electron chi connectivity index (χ0n) is 58.7. The average Bonchev–Trinajstić information content (AvgIpc) is 1.51. The summed E-state index contributed by atoms with van der Waals surface area (Å²) in [6.07, 6.45) is 2.59. The van der Waals surface area contributed by atoms with Gasteiger partial charge in [-0.1, -0.05) is 0 Å². The Hall–Kier alpha value is 0.880. The number of hydrogen-bond acceptors (Lipinski definition) is 32. The molecule has 0 aromatic heterocycles. The summed E-state index contributed by atoms with van der Waals surface area (Å²) in [6.45, 7) is 48.8. The van der Waals surface area contributed by atoms with Gasteiger partial charge < -0.3 is 0 Å². The molecule has 8 aliphatic rings. The van der Waals surface area contributed by atoms with E-state index in [-0.39, 0.29) is 24.4 Å². The highest BCUT2D eigenvalue weighted by molar-refractivity contribution is 7.50. The quantitative estimate of drug-likeness (QED) is 0.130. The van der Waals surface area contributed by atoms with Crippen LogP contribution < -0.4 is 0 Å². The predicted octanol–water partition coefficient (Wildman–Crippen LogP) is 17.2. The van der Waals surface area contributed by atoms with Gasteiger partial charge in [-0.3, -0.25) is 109 Å². The van der Waals surface area contributed by atoms with E-state index in [0.29, 0.717) is 98.9 Å². The molecule has 8 fully saturated rings. The Bertz CT molecular complexity index is 2440. The molecule has 8 aliphatic heterocycles. The molecule has 0 spiro atoms. The third-order valence-corrected chi connectivity index (χ3v) is 26.3. The van der Waals surface area contributed by atoms with Crippen molar-refractivity contribution < 1.29 is 145 Å². The van der Waals surface area contributed by atoms with Gasteiger partial charge in [-0.05, 0) is 173 Å². The molecular formula is C52H112O32P8. The molecule has 8 heterocycles. The predicted molar refractivity (Wildman–Crippen MR) is 341 cm³/mol. The summed E-state index contributed by atoms with van der Waals surface area (Å²) in [5.41, 5.74) is -2.98. The zero-order valence-corrected chi connectivity index (χ0v) is 65.8.